The summed E-state index contributed by atoms with van der Waals surface area (Å²) in [7, 11) is 1.44. The van der Waals surface area contributed by atoms with Gasteiger partial charge in [0, 0.05) is 19.1 Å². The molecule has 0 amide bonds. The lowest BCUT2D eigenvalue weighted by Crippen LogP contribution is -2.48. The van der Waals surface area contributed by atoms with Crippen molar-refractivity contribution < 1.29 is 9.53 Å². The Bertz CT molecular complexity index is 251. The van der Waals surface area contributed by atoms with Crippen LogP contribution >= 0.6 is 0 Å². The van der Waals surface area contributed by atoms with Crippen molar-refractivity contribution in [3.8, 4) is 0 Å². The van der Waals surface area contributed by atoms with Gasteiger partial charge in [-0.2, -0.15) is 0 Å². The van der Waals surface area contributed by atoms with E-state index in [9.17, 15) is 4.79 Å². The first-order valence-electron chi connectivity index (χ1n) is 6.22. The van der Waals surface area contributed by atoms with E-state index in [1.807, 2.05) is 0 Å². The van der Waals surface area contributed by atoms with Crippen molar-refractivity contribution in [2.24, 2.45) is 17.6 Å². The minimum absolute atomic E-state index is 0.153. The average molecular weight is 226 g/mol. The molecule has 16 heavy (non-hydrogen) atoms. The van der Waals surface area contributed by atoms with Crippen LogP contribution in [-0.4, -0.2) is 43.7 Å². The zero-order valence-electron chi connectivity index (χ0n) is 10.0. The summed E-state index contributed by atoms with van der Waals surface area (Å²) in [6, 6.07) is 0.224. The summed E-state index contributed by atoms with van der Waals surface area (Å²) in [5.74, 6) is 1.47. The summed E-state index contributed by atoms with van der Waals surface area (Å²) >= 11 is 0. The number of hydrogen-bond donors (Lipinski definition) is 1. The largest absolute Gasteiger partial charge is 0.468 e. The van der Waals surface area contributed by atoms with E-state index in [1.165, 1.54) is 26.4 Å². The van der Waals surface area contributed by atoms with Gasteiger partial charge in [0.25, 0.3) is 0 Å². The fourth-order valence-electron chi connectivity index (χ4n) is 2.72. The minimum Gasteiger partial charge on any atom is -0.468 e. The Hall–Kier alpha value is -0.610. The molecule has 0 radical (unpaired) electrons. The molecule has 4 nitrogen and oxygen atoms in total. The van der Waals surface area contributed by atoms with E-state index in [-0.39, 0.29) is 12.0 Å². The third-order valence-electron chi connectivity index (χ3n) is 3.59. The number of carbonyl (C=O) groups excluding carboxylic acids is 1. The molecule has 1 saturated carbocycles. The van der Waals surface area contributed by atoms with Crippen LogP contribution < -0.4 is 5.73 Å². The lowest BCUT2D eigenvalue weighted by Gasteiger charge is -2.35. The number of ether oxygens (including phenoxy) is 1. The normalized spacial score (nSPS) is 31.4. The van der Waals surface area contributed by atoms with Gasteiger partial charge in [0.15, 0.2) is 0 Å². The van der Waals surface area contributed by atoms with Gasteiger partial charge in [-0.05, 0) is 24.7 Å². The topological polar surface area (TPSA) is 55.6 Å². The molecule has 2 atom stereocenters. The van der Waals surface area contributed by atoms with Gasteiger partial charge in [-0.1, -0.05) is 12.8 Å². The van der Waals surface area contributed by atoms with Gasteiger partial charge in [-0.25, -0.2) is 0 Å². The van der Waals surface area contributed by atoms with Crippen molar-refractivity contribution in [2.75, 3.05) is 26.7 Å². The summed E-state index contributed by atoms with van der Waals surface area (Å²) in [4.78, 5) is 13.4. The maximum atomic E-state index is 11.2. The Morgan fingerprint density at radius 1 is 1.38 bits per heavy atom. The minimum atomic E-state index is -0.153. The summed E-state index contributed by atoms with van der Waals surface area (Å²) in [6.45, 7) is 2.24. The van der Waals surface area contributed by atoms with E-state index in [0.29, 0.717) is 12.5 Å². The molecule has 0 bridgehead atoms. The number of methoxy groups -OCH3 is 1. The first kappa shape index (κ1) is 11.9. The second-order valence-corrected chi connectivity index (χ2v) is 5.31. The van der Waals surface area contributed by atoms with Crippen molar-refractivity contribution in [2.45, 2.75) is 31.7 Å². The second kappa shape index (κ2) is 5.15. The monoisotopic (exact) mass is 226 g/mol. The molecule has 2 N–H and O–H groups in total. The maximum Gasteiger partial charge on any atom is 0.319 e. The molecular formula is C12H22N2O2. The van der Waals surface area contributed by atoms with Crippen LogP contribution in [0.1, 0.15) is 25.7 Å². The lowest BCUT2D eigenvalue weighted by molar-refractivity contribution is -0.142. The number of hydrogen-bond acceptors (Lipinski definition) is 4. The predicted octanol–water partition coefficient (Wildman–Crippen LogP) is 0.609. The molecule has 92 valence electrons. The zero-order chi connectivity index (χ0) is 11.5. The zero-order valence-corrected chi connectivity index (χ0v) is 10.0. The molecule has 1 saturated heterocycles. The van der Waals surface area contributed by atoms with Gasteiger partial charge in [0.05, 0.1) is 13.7 Å². The number of likely N-dealkylation sites (tertiary alicyclic amines) is 1. The van der Waals surface area contributed by atoms with E-state index < -0.39 is 0 Å². The molecule has 2 unspecified atom stereocenters. The summed E-state index contributed by atoms with van der Waals surface area (Å²) in [5.41, 5.74) is 6.04. The molecule has 1 aliphatic heterocycles. The molecule has 2 aliphatic rings. The predicted molar refractivity (Wildman–Crippen MR) is 61.9 cm³/mol. The molecule has 0 spiro atoms. The Morgan fingerprint density at radius 3 is 2.75 bits per heavy atom. The Kier molecular flexibility index (Phi) is 3.82. The van der Waals surface area contributed by atoms with Crippen molar-refractivity contribution in [3.05, 3.63) is 0 Å². The van der Waals surface area contributed by atoms with Crippen molar-refractivity contribution in [1.29, 1.82) is 0 Å². The first-order valence-corrected chi connectivity index (χ1v) is 6.22. The van der Waals surface area contributed by atoms with Gasteiger partial charge in [-0.15, -0.1) is 0 Å². The van der Waals surface area contributed by atoms with E-state index in [1.54, 1.807) is 0 Å². The number of rotatable bonds is 4. The van der Waals surface area contributed by atoms with Crippen molar-refractivity contribution >= 4 is 5.97 Å². The van der Waals surface area contributed by atoms with Crippen LogP contribution in [0.4, 0.5) is 0 Å². The summed E-state index contributed by atoms with van der Waals surface area (Å²) < 4.78 is 4.70. The highest BCUT2D eigenvalue weighted by Gasteiger charge is 2.31. The fourth-order valence-corrected chi connectivity index (χ4v) is 2.72. The molecule has 0 aromatic rings. The van der Waals surface area contributed by atoms with E-state index in [2.05, 4.69) is 4.90 Å². The second-order valence-electron chi connectivity index (χ2n) is 5.31. The quantitative estimate of drug-likeness (QED) is 0.714. The maximum absolute atomic E-state index is 11.2. The highest BCUT2D eigenvalue weighted by atomic mass is 16.5. The number of nitrogens with zero attached hydrogens (tertiary/aromatic N) is 1. The fraction of sp³-hybridized carbons (Fsp3) is 0.917. The molecule has 2 rings (SSSR count). The molecule has 1 aliphatic carbocycles. The van der Waals surface area contributed by atoms with Gasteiger partial charge in [-0.3, -0.25) is 9.69 Å². The SMILES string of the molecule is COC(=O)CN1CC(N)CC(CC2CC2)C1. The highest BCUT2D eigenvalue weighted by Crippen LogP contribution is 2.37. The first-order chi connectivity index (χ1) is 7.67. The molecule has 0 aromatic heterocycles. The summed E-state index contributed by atoms with van der Waals surface area (Å²) in [6.07, 6.45) is 5.20. The van der Waals surface area contributed by atoms with Crippen LogP contribution in [0, 0.1) is 11.8 Å². The van der Waals surface area contributed by atoms with Crippen LogP contribution in [-0.2, 0) is 9.53 Å². The van der Waals surface area contributed by atoms with E-state index >= 15 is 0 Å². The van der Waals surface area contributed by atoms with Crippen LogP contribution in [0.2, 0.25) is 0 Å². The molecule has 2 fully saturated rings. The smallest absolute Gasteiger partial charge is 0.319 e. The van der Waals surface area contributed by atoms with Crippen molar-refractivity contribution in [1.82, 2.24) is 4.90 Å². The summed E-state index contributed by atoms with van der Waals surface area (Å²) in [5, 5.41) is 0. The molecular weight excluding hydrogens is 204 g/mol. The average Bonchev–Trinajstić information content (AvgIpc) is 3.00. The number of nitrogens with two attached hydrogens (primary N) is 1. The van der Waals surface area contributed by atoms with Crippen LogP contribution in [0.5, 0.6) is 0 Å². The van der Waals surface area contributed by atoms with E-state index in [0.717, 1.165) is 25.4 Å². The van der Waals surface area contributed by atoms with Gasteiger partial charge < -0.3 is 10.5 Å². The molecule has 1 heterocycles. The molecule has 4 heteroatoms. The van der Waals surface area contributed by atoms with Crippen molar-refractivity contribution in [3.63, 3.8) is 0 Å². The van der Waals surface area contributed by atoms with Gasteiger partial charge >= 0.3 is 5.97 Å². The Balaban J connectivity index is 1.80. The number of esters is 1. The number of carbonyl (C=O) groups is 1. The number of piperidine rings is 1. The Labute approximate surface area is 97.1 Å². The third kappa shape index (κ3) is 3.46. The van der Waals surface area contributed by atoms with Crippen LogP contribution in [0.3, 0.4) is 0 Å². The van der Waals surface area contributed by atoms with E-state index in [4.69, 9.17) is 10.5 Å². The highest BCUT2D eigenvalue weighted by molar-refractivity contribution is 5.71. The van der Waals surface area contributed by atoms with Gasteiger partial charge in [0.2, 0.25) is 0 Å². The lowest BCUT2D eigenvalue weighted by atomic mass is 9.90. The van der Waals surface area contributed by atoms with Crippen LogP contribution in [0.25, 0.3) is 0 Å². The molecule has 0 aromatic carbocycles. The Morgan fingerprint density at radius 2 is 2.12 bits per heavy atom. The van der Waals surface area contributed by atoms with Crippen LogP contribution in [0.15, 0.2) is 0 Å². The van der Waals surface area contributed by atoms with Gasteiger partial charge in [0.1, 0.15) is 0 Å². The third-order valence-corrected chi connectivity index (χ3v) is 3.59. The standard InChI is InChI=1S/C12H22N2O2/c1-16-12(15)8-14-6-10(4-9-2-3-9)5-11(13)7-14/h9-11H,2-8,13H2,1H3.